The molecule has 0 bridgehead atoms. The zero-order valence-corrected chi connectivity index (χ0v) is 10.9. The van der Waals surface area contributed by atoms with Gasteiger partial charge in [-0.25, -0.2) is 9.37 Å². The van der Waals surface area contributed by atoms with Crippen molar-refractivity contribution < 1.29 is 9.13 Å². The number of ether oxygens (including phenoxy) is 1. The number of aromatic amines is 1. The summed E-state index contributed by atoms with van der Waals surface area (Å²) in [6.45, 7) is 4.44. The van der Waals surface area contributed by atoms with E-state index in [4.69, 9.17) is 4.74 Å². The summed E-state index contributed by atoms with van der Waals surface area (Å²) in [6, 6.07) is 5.79. The Morgan fingerprint density at radius 2 is 2.16 bits per heavy atom. The van der Waals surface area contributed by atoms with Crippen LogP contribution in [0.5, 0.6) is 0 Å². The summed E-state index contributed by atoms with van der Waals surface area (Å²) in [5, 5.41) is 0. The number of halogens is 1. The van der Waals surface area contributed by atoms with Gasteiger partial charge in [-0.3, -0.25) is 4.79 Å². The summed E-state index contributed by atoms with van der Waals surface area (Å²) in [5.74, 6) is 0.161. The van der Waals surface area contributed by atoms with Gasteiger partial charge in [-0.1, -0.05) is 0 Å². The molecule has 2 aromatic rings. The van der Waals surface area contributed by atoms with Crippen molar-refractivity contribution in [2.45, 2.75) is 20.5 Å². The van der Waals surface area contributed by atoms with Crippen molar-refractivity contribution in [3.63, 3.8) is 0 Å². The van der Waals surface area contributed by atoms with E-state index in [2.05, 4.69) is 9.97 Å². The van der Waals surface area contributed by atoms with Crippen molar-refractivity contribution in [3.8, 4) is 11.3 Å². The summed E-state index contributed by atoms with van der Waals surface area (Å²) in [4.78, 5) is 18.5. The van der Waals surface area contributed by atoms with E-state index in [0.29, 0.717) is 18.1 Å². The van der Waals surface area contributed by atoms with Crippen LogP contribution in [0.4, 0.5) is 4.39 Å². The molecule has 1 aromatic carbocycles. The van der Waals surface area contributed by atoms with Crippen LogP contribution in [0.25, 0.3) is 11.3 Å². The predicted molar refractivity (Wildman–Crippen MR) is 70.3 cm³/mol. The van der Waals surface area contributed by atoms with E-state index in [1.165, 1.54) is 18.2 Å². The van der Waals surface area contributed by atoms with Crippen molar-refractivity contribution in [1.29, 1.82) is 0 Å². The Bertz CT molecular complexity index is 638. The molecule has 0 saturated carbocycles. The number of aromatic nitrogens is 2. The lowest BCUT2D eigenvalue weighted by Gasteiger charge is -2.07. The molecule has 0 saturated heterocycles. The van der Waals surface area contributed by atoms with Crippen LogP contribution in [-0.2, 0) is 11.3 Å². The molecule has 1 aromatic heterocycles. The average Bonchev–Trinajstić information content (AvgIpc) is 2.35. The van der Waals surface area contributed by atoms with Gasteiger partial charge in [0, 0.05) is 18.2 Å². The van der Waals surface area contributed by atoms with E-state index < -0.39 is 0 Å². The highest BCUT2D eigenvalue weighted by atomic mass is 19.1. The first-order valence-corrected chi connectivity index (χ1v) is 6.04. The first-order chi connectivity index (χ1) is 9.10. The van der Waals surface area contributed by atoms with Crippen molar-refractivity contribution >= 4 is 0 Å². The highest BCUT2D eigenvalue weighted by molar-refractivity contribution is 5.62. The van der Waals surface area contributed by atoms with Crippen LogP contribution < -0.4 is 5.56 Å². The molecule has 0 aliphatic rings. The number of rotatable bonds is 4. The standard InChI is InChI=1S/C14H15FN2O2/c1-3-19-8-13-16-12(7-14(18)17-13)11-5-4-10(15)6-9(11)2/h4-7H,3,8H2,1-2H3,(H,16,17,18). The highest BCUT2D eigenvalue weighted by Crippen LogP contribution is 2.21. The molecule has 5 heteroatoms. The summed E-state index contributed by atoms with van der Waals surface area (Å²) in [6.07, 6.45) is 0. The maximum absolute atomic E-state index is 13.1. The van der Waals surface area contributed by atoms with E-state index in [1.807, 2.05) is 6.92 Å². The normalized spacial score (nSPS) is 10.7. The molecule has 1 N–H and O–H groups in total. The van der Waals surface area contributed by atoms with Crippen molar-refractivity contribution in [2.24, 2.45) is 0 Å². The third-order valence-electron chi connectivity index (χ3n) is 2.70. The Morgan fingerprint density at radius 3 is 2.84 bits per heavy atom. The summed E-state index contributed by atoms with van der Waals surface area (Å²) in [5.41, 5.74) is 1.75. The second-order valence-electron chi connectivity index (χ2n) is 4.17. The van der Waals surface area contributed by atoms with E-state index in [1.54, 1.807) is 13.0 Å². The summed E-state index contributed by atoms with van der Waals surface area (Å²) >= 11 is 0. The van der Waals surface area contributed by atoms with Crippen LogP contribution >= 0.6 is 0 Å². The first kappa shape index (κ1) is 13.4. The third-order valence-corrected chi connectivity index (χ3v) is 2.70. The summed E-state index contributed by atoms with van der Waals surface area (Å²) < 4.78 is 18.3. The van der Waals surface area contributed by atoms with E-state index in [9.17, 15) is 9.18 Å². The molecule has 0 unspecified atom stereocenters. The second kappa shape index (κ2) is 5.75. The van der Waals surface area contributed by atoms with E-state index in [0.717, 1.165) is 11.1 Å². The number of H-pyrrole nitrogens is 1. The maximum atomic E-state index is 13.1. The minimum Gasteiger partial charge on any atom is -0.374 e. The van der Waals surface area contributed by atoms with Crippen molar-refractivity contribution in [3.05, 3.63) is 51.8 Å². The monoisotopic (exact) mass is 262 g/mol. The SMILES string of the molecule is CCOCc1nc(-c2ccc(F)cc2C)cc(=O)[nH]1. The fourth-order valence-corrected chi connectivity index (χ4v) is 1.83. The molecule has 100 valence electrons. The third kappa shape index (κ3) is 3.26. The van der Waals surface area contributed by atoms with Gasteiger partial charge in [0.05, 0.1) is 5.69 Å². The lowest BCUT2D eigenvalue weighted by molar-refractivity contribution is 0.128. The Labute approximate surface area is 110 Å². The number of hydrogen-bond acceptors (Lipinski definition) is 3. The molecule has 4 nitrogen and oxygen atoms in total. The van der Waals surface area contributed by atoms with Gasteiger partial charge in [-0.15, -0.1) is 0 Å². The van der Waals surface area contributed by atoms with Gasteiger partial charge in [-0.05, 0) is 37.6 Å². The Kier molecular flexibility index (Phi) is 4.06. The van der Waals surface area contributed by atoms with Gasteiger partial charge in [-0.2, -0.15) is 0 Å². The van der Waals surface area contributed by atoms with Crippen LogP contribution in [0.3, 0.4) is 0 Å². The van der Waals surface area contributed by atoms with Crippen LogP contribution in [-0.4, -0.2) is 16.6 Å². The lowest BCUT2D eigenvalue weighted by atomic mass is 10.1. The van der Waals surface area contributed by atoms with Gasteiger partial charge < -0.3 is 9.72 Å². The molecule has 1 heterocycles. The molecule has 19 heavy (non-hydrogen) atoms. The molecule has 0 atom stereocenters. The van der Waals surface area contributed by atoms with Crippen LogP contribution in [0.1, 0.15) is 18.3 Å². The minimum atomic E-state index is -0.305. The number of hydrogen-bond donors (Lipinski definition) is 1. The zero-order chi connectivity index (χ0) is 13.8. The quantitative estimate of drug-likeness (QED) is 0.920. The smallest absolute Gasteiger partial charge is 0.251 e. The molecular weight excluding hydrogens is 247 g/mol. The molecule has 0 fully saturated rings. The highest BCUT2D eigenvalue weighted by Gasteiger charge is 2.07. The lowest BCUT2D eigenvalue weighted by Crippen LogP contribution is -2.12. The average molecular weight is 262 g/mol. The topological polar surface area (TPSA) is 55.0 Å². The number of nitrogens with one attached hydrogen (secondary N) is 1. The number of aryl methyl sites for hydroxylation is 1. The van der Waals surface area contributed by atoms with Gasteiger partial charge >= 0.3 is 0 Å². The largest absolute Gasteiger partial charge is 0.374 e. The van der Waals surface area contributed by atoms with Crippen molar-refractivity contribution in [1.82, 2.24) is 9.97 Å². The molecule has 0 aliphatic carbocycles. The van der Waals surface area contributed by atoms with Crippen LogP contribution in [0.2, 0.25) is 0 Å². The minimum absolute atomic E-state index is 0.247. The molecule has 2 rings (SSSR count). The maximum Gasteiger partial charge on any atom is 0.251 e. The molecule has 0 aliphatic heterocycles. The Morgan fingerprint density at radius 1 is 1.37 bits per heavy atom. The van der Waals surface area contributed by atoms with Crippen LogP contribution in [0.15, 0.2) is 29.1 Å². The molecular formula is C14H15FN2O2. The van der Waals surface area contributed by atoms with Gasteiger partial charge in [0.2, 0.25) is 0 Å². The van der Waals surface area contributed by atoms with Gasteiger partial charge in [0.15, 0.2) is 0 Å². The number of nitrogens with zero attached hydrogens (tertiary/aromatic N) is 1. The predicted octanol–water partition coefficient (Wildman–Crippen LogP) is 2.42. The van der Waals surface area contributed by atoms with Crippen LogP contribution in [0, 0.1) is 12.7 Å². The molecule has 0 amide bonds. The van der Waals surface area contributed by atoms with Gasteiger partial charge in [0.25, 0.3) is 5.56 Å². The van der Waals surface area contributed by atoms with E-state index in [-0.39, 0.29) is 18.0 Å². The number of benzene rings is 1. The van der Waals surface area contributed by atoms with E-state index >= 15 is 0 Å². The fraction of sp³-hybridized carbons (Fsp3) is 0.286. The summed E-state index contributed by atoms with van der Waals surface area (Å²) in [7, 11) is 0. The molecule has 0 radical (unpaired) electrons. The Hall–Kier alpha value is -2.01. The second-order valence-corrected chi connectivity index (χ2v) is 4.17. The zero-order valence-electron chi connectivity index (χ0n) is 10.9. The fourth-order valence-electron chi connectivity index (χ4n) is 1.83. The van der Waals surface area contributed by atoms with Gasteiger partial charge in [0.1, 0.15) is 18.2 Å². The first-order valence-electron chi connectivity index (χ1n) is 6.04. The van der Waals surface area contributed by atoms with Crippen molar-refractivity contribution in [2.75, 3.05) is 6.61 Å². The Balaban J connectivity index is 2.44. The molecule has 0 spiro atoms.